The first-order valence-corrected chi connectivity index (χ1v) is 6.60. The van der Waals surface area contributed by atoms with E-state index in [1.54, 1.807) is 0 Å². The molecule has 0 aromatic carbocycles. The summed E-state index contributed by atoms with van der Waals surface area (Å²) in [6.07, 6.45) is 4.68. The highest BCUT2D eigenvalue weighted by Crippen LogP contribution is 2.22. The van der Waals surface area contributed by atoms with Crippen LogP contribution in [0.4, 0.5) is 11.5 Å². The molecule has 1 aliphatic rings. The van der Waals surface area contributed by atoms with Crippen LogP contribution >= 0.6 is 0 Å². The highest BCUT2D eigenvalue weighted by atomic mass is 16.5. The predicted octanol–water partition coefficient (Wildman–Crippen LogP) is 2.52. The number of hydrogen-bond acceptors (Lipinski definition) is 4. The Labute approximate surface area is 109 Å². The van der Waals surface area contributed by atoms with Crippen molar-refractivity contribution in [3.63, 3.8) is 0 Å². The fourth-order valence-corrected chi connectivity index (χ4v) is 2.49. The first-order valence-electron chi connectivity index (χ1n) is 6.60. The van der Waals surface area contributed by atoms with Gasteiger partial charge in [-0.25, -0.2) is 4.98 Å². The molecule has 1 aliphatic heterocycles. The van der Waals surface area contributed by atoms with Gasteiger partial charge in [0.1, 0.15) is 5.82 Å². The molecule has 2 heterocycles. The van der Waals surface area contributed by atoms with Gasteiger partial charge in [-0.3, -0.25) is 0 Å². The molecule has 4 nitrogen and oxygen atoms in total. The third kappa shape index (κ3) is 3.35. The molecule has 1 saturated heterocycles. The third-order valence-corrected chi connectivity index (χ3v) is 3.27. The molecule has 0 saturated carbocycles. The lowest BCUT2D eigenvalue weighted by Crippen LogP contribution is -2.36. The number of nitrogens with one attached hydrogen (secondary N) is 1. The summed E-state index contributed by atoms with van der Waals surface area (Å²) < 4.78 is 5.74. The van der Waals surface area contributed by atoms with Crippen molar-refractivity contribution in [2.75, 3.05) is 24.3 Å². The maximum atomic E-state index is 5.74. The number of nitrogens with zero attached hydrogens (tertiary/aromatic N) is 2. The van der Waals surface area contributed by atoms with Gasteiger partial charge in [0.15, 0.2) is 0 Å². The van der Waals surface area contributed by atoms with E-state index < -0.39 is 0 Å². The lowest BCUT2D eigenvalue weighted by molar-refractivity contribution is -0.0337. The minimum absolute atomic E-state index is 0.334. The molecule has 0 aliphatic carbocycles. The summed E-state index contributed by atoms with van der Waals surface area (Å²) >= 11 is 0. The fraction of sp³-hybridized carbons (Fsp3) is 0.643. The minimum Gasteiger partial charge on any atom is -0.381 e. The second-order valence-corrected chi connectivity index (χ2v) is 5.37. The van der Waals surface area contributed by atoms with Crippen LogP contribution in [0.15, 0.2) is 18.3 Å². The van der Waals surface area contributed by atoms with Gasteiger partial charge in [0, 0.05) is 20.1 Å². The van der Waals surface area contributed by atoms with E-state index in [1.807, 2.05) is 31.3 Å². The molecule has 4 heteroatoms. The Balaban J connectivity index is 1.96. The van der Waals surface area contributed by atoms with Gasteiger partial charge in [0.05, 0.1) is 24.1 Å². The largest absolute Gasteiger partial charge is 0.381 e. The van der Waals surface area contributed by atoms with Crippen molar-refractivity contribution in [1.82, 2.24) is 4.98 Å². The van der Waals surface area contributed by atoms with Crippen LogP contribution in [0.3, 0.4) is 0 Å². The van der Waals surface area contributed by atoms with Crippen LogP contribution in [0.2, 0.25) is 0 Å². The molecule has 2 unspecified atom stereocenters. The average molecular weight is 249 g/mol. The monoisotopic (exact) mass is 249 g/mol. The van der Waals surface area contributed by atoms with Crippen molar-refractivity contribution in [3.05, 3.63) is 18.3 Å². The molecule has 1 aromatic heterocycles. The van der Waals surface area contributed by atoms with Gasteiger partial charge in [-0.05, 0) is 38.8 Å². The number of aromatic nitrogens is 1. The lowest BCUT2D eigenvalue weighted by atomic mass is 10.00. The highest BCUT2D eigenvalue weighted by molar-refractivity contribution is 5.48. The quantitative estimate of drug-likeness (QED) is 0.893. The van der Waals surface area contributed by atoms with Crippen LogP contribution in [0.5, 0.6) is 0 Å². The van der Waals surface area contributed by atoms with Crippen molar-refractivity contribution in [2.45, 2.75) is 44.9 Å². The molecule has 18 heavy (non-hydrogen) atoms. The molecular weight excluding hydrogens is 226 g/mol. The Morgan fingerprint density at radius 3 is 2.39 bits per heavy atom. The first-order chi connectivity index (χ1) is 8.54. The molecule has 1 N–H and O–H groups in total. The minimum atomic E-state index is 0.334. The summed E-state index contributed by atoms with van der Waals surface area (Å²) in [5.41, 5.74) is 1.09. The molecule has 0 spiro atoms. The van der Waals surface area contributed by atoms with Crippen molar-refractivity contribution < 1.29 is 4.74 Å². The topological polar surface area (TPSA) is 37.4 Å². The van der Waals surface area contributed by atoms with E-state index in [1.165, 1.54) is 0 Å². The maximum absolute atomic E-state index is 5.74. The number of rotatable bonds is 3. The second kappa shape index (κ2) is 5.57. The molecule has 100 valence electrons. The van der Waals surface area contributed by atoms with Gasteiger partial charge in [-0.2, -0.15) is 0 Å². The summed E-state index contributed by atoms with van der Waals surface area (Å²) in [6.45, 7) is 4.27. The number of hydrogen-bond donors (Lipinski definition) is 1. The van der Waals surface area contributed by atoms with Crippen molar-refractivity contribution in [1.29, 1.82) is 0 Å². The molecule has 0 amide bonds. The van der Waals surface area contributed by atoms with Gasteiger partial charge >= 0.3 is 0 Å². The van der Waals surface area contributed by atoms with E-state index in [0.29, 0.717) is 18.2 Å². The Morgan fingerprint density at radius 2 is 1.89 bits per heavy atom. The Kier molecular flexibility index (Phi) is 4.07. The van der Waals surface area contributed by atoms with Crippen molar-refractivity contribution >= 4 is 11.5 Å². The SMILES string of the molecule is CC1CC(Nc2ccc(N(C)C)nc2)CC(C)O1. The second-order valence-electron chi connectivity index (χ2n) is 5.37. The van der Waals surface area contributed by atoms with Crippen LogP contribution in [0, 0.1) is 0 Å². The summed E-state index contributed by atoms with van der Waals surface area (Å²) in [4.78, 5) is 6.42. The Morgan fingerprint density at radius 1 is 1.22 bits per heavy atom. The molecule has 0 bridgehead atoms. The third-order valence-electron chi connectivity index (χ3n) is 3.27. The molecule has 2 atom stereocenters. The standard InChI is InChI=1S/C14H23N3O/c1-10-7-13(8-11(2)18-10)16-12-5-6-14(15-9-12)17(3)4/h5-6,9-11,13,16H,7-8H2,1-4H3. The Hall–Kier alpha value is -1.29. The number of ether oxygens (including phenoxy) is 1. The molecule has 2 rings (SSSR count). The summed E-state index contributed by atoms with van der Waals surface area (Å²) in [7, 11) is 3.99. The smallest absolute Gasteiger partial charge is 0.128 e. The van der Waals surface area contributed by atoms with E-state index in [0.717, 1.165) is 24.3 Å². The zero-order chi connectivity index (χ0) is 13.1. The van der Waals surface area contributed by atoms with Gasteiger partial charge in [0.2, 0.25) is 0 Å². The van der Waals surface area contributed by atoms with Gasteiger partial charge in [-0.15, -0.1) is 0 Å². The van der Waals surface area contributed by atoms with E-state index >= 15 is 0 Å². The fourth-order valence-electron chi connectivity index (χ4n) is 2.49. The normalized spacial score (nSPS) is 27.9. The van der Waals surface area contributed by atoms with Crippen LogP contribution in [0.1, 0.15) is 26.7 Å². The molecular formula is C14H23N3O. The van der Waals surface area contributed by atoms with Crippen LogP contribution < -0.4 is 10.2 Å². The van der Waals surface area contributed by atoms with Gasteiger partial charge < -0.3 is 15.0 Å². The number of anilines is 2. The lowest BCUT2D eigenvalue weighted by Gasteiger charge is -2.33. The first kappa shape index (κ1) is 13.1. The zero-order valence-electron chi connectivity index (χ0n) is 11.7. The van der Waals surface area contributed by atoms with Gasteiger partial charge in [0.25, 0.3) is 0 Å². The zero-order valence-corrected chi connectivity index (χ0v) is 11.7. The molecule has 0 radical (unpaired) electrons. The Bertz CT molecular complexity index is 367. The predicted molar refractivity (Wildman–Crippen MR) is 75.2 cm³/mol. The van der Waals surface area contributed by atoms with Crippen LogP contribution in [-0.2, 0) is 4.74 Å². The van der Waals surface area contributed by atoms with E-state index in [-0.39, 0.29) is 0 Å². The average Bonchev–Trinajstić information content (AvgIpc) is 2.28. The van der Waals surface area contributed by atoms with E-state index in [2.05, 4.69) is 30.2 Å². The van der Waals surface area contributed by atoms with Crippen molar-refractivity contribution in [2.24, 2.45) is 0 Å². The summed E-state index contributed by atoms with van der Waals surface area (Å²) in [5, 5.41) is 3.55. The summed E-state index contributed by atoms with van der Waals surface area (Å²) in [6, 6.07) is 4.61. The van der Waals surface area contributed by atoms with Crippen molar-refractivity contribution in [3.8, 4) is 0 Å². The highest BCUT2D eigenvalue weighted by Gasteiger charge is 2.24. The van der Waals surface area contributed by atoms with E-state index in [9.17, 15) is 0 Å². The molecule has 1 fully saturated rings. The molecule has 1 aromatic rings. The maximum Gasteiger partial charge on any atom is 0.128 e. The van der Waals surface area contributed by atoms with E-state index in [4.69, 9.17) is 4.74 Å². The summed E-state index contributed by atoms with van der Waals surface area (Å²) in [5.74, 6) is 0.981. The van der Waals surface area contributed by atoms with Crippen LogP contribution in [0.25, 0.3) is 0 Å². The number of pyridine rings is 1. The van der Waals surface area contributed by atoms with Crippen LogP contribution in [-0.4, -0.2) is 37.3 Å². The van der Waals surface area contributed by atoms with Gasteiger partial charge in [-0.1, -0.05) is 0 Å².